The number of carbonyl (C=O) groups excluding carboxylic acids is 1. The summed E-state index contributed by atoms with van der Waals surface area (Å²) in [7, 11) is 0. The summed E-state index contributed by atoms with van der Waals surface area (Å²) in [5.74, 6) is 0.447. The molecular weight excluding hydrogens is 370 g/mol. The van der Waals surface area contributed by atoms with E-state index in [0.717, 1.165) is 5.56 Å². The predicted molar refractivity (Wildman–Crippen MR) is 107 cm³/mol. The number of aromatic nitrogens is 2. The first-order valence-corrected chi connectivity index (χ1v) is 9.35. The number of oxazole rings is 1. The summed E-state index contributed by atoms with van der Waals surface area (Å²) >= 11 is 0. The van der Waals surface area contributed by atoms with E-state index in [0.29, 0.717) is 37.7 Å². The highest BCUT2D eigenvalue weighted by molar-refractivity contribution is 5.92. The van der Waals surface area contributed by atoms with Crippen LogP contribution in [0.4, 0.5) is 11.6 Å². The number of aromatic amines is 1. The molecule has 0 spiro atoms. The molecule has 8 heteroatoms. The SMILES string of the molecule is N#Cc1nc(-c2ccccc2)oc1N1CCC(C(=O)Nc2c[nH]ccc2=O)CC1. The fraction of sp³-hybridized carbons (Fsp3) is 0.238. The third kappa shape index (κ3) is 3.89. The summed E-state index contributed by atoms with van der Waals surface area (Å²) in [4.78, 5) is 33.3. The maximum Gasteiger partial charge on any atom is 0.235 e. The summed E-state index contributed by atoms with van der Waals surface area (Å²) < 4.78 is 5.88. The molecule has 3 aromatic rings. The average molecular weight is 389 g/mol. The quantitative estimate of drug-likeness (QED) is 0.709. The van der Waals surface area contributed by atoms with Crippen molar-refractivity contribution in [3.63, 3.8) is 0 Å². The van der Waals surface area contributed by atoms with E-state index < -0.39 is 0 Å². The van der Waals surface area contributed by atoms with E-state index in [2.05, 4.69) is 21.4 Å². The Kier molecular flexibility index (Phi) is 5.12. The van der Waals surface area contributed by atoms with Crippen molar-refractivity contribution in [3.05, 3.63) is 64.7 Å². The summed E-state index contributed by atoms with van der Waals surface area (Å²) in [5, 5.41) is 12.1. The van der Waals surface area contributed by atoms with E-state index in [4.69, 9.17) is 4.42 Å². The van der Waals surface area contributed by atoms with Crippen LogP contribution < -0.4 is 15.6 Å². The lowest BCUT2D eigenvalue weighted by Crippen LogP contribution is -2.38. The number of H-pyrrole nitrogens is 1. The zero-order valence-electron chi connectivity index (χ0n) is 15.6. The molecule has 1 aliphatic rings. The Morgan fingerprint density at radius 1 is 1.24 bits per heavy atom. The van der Waals surface area contributed by atoms with Gasteiger partial charge in [-0.1, -0.05) is 18.2 Å². The lowest BCUT2D eigenvalue weighted by atomic mass is 9.96. The monoisotopic (exact) mass is 389 g/mol. The number of anilines is 2. The second kappa shape index (κ2) is 8.02. The Morgan fingerprint density at radius 2 is 2.00 bits per heavy atom. The number of amides is 1. The number of benzene rings is 1. The highest BCUT2D eigenvalue weighted by Crippen LogP contribution is 2.31. The smallest absolute Gasteiger partial charge is 0.235 e. The van der Waals surface area contributed by atoms with Crippen LogP contribution in [0.2, 0.25) is 0 Å². The van der Waals surface area contributed by atoms with Gasteiger partial charge < -0.3 is 19.6 Å². The van der Waals surface area contributed by atoms with Crippen LogP contribution in [-0.2, 0) is 4.79 Å². The minimum atomic E-state index is -0.233. The molecule has 146 valence electrons. The van der Waals surface area contributed by atoms with Crippen molar-refractivity contribution < 1.29 is 9.21 Å². The lowest BCUT2D eigenvalue weighted by molar-refractivity contribution is -0.120. The van der Waals surface area contributed by atoms with Crippen molar-refractivity contribution in [1.29, 1.82) is 5.26 Å². The van der Waals surface area contributed by atoms with Crippen molar-refractivity contribution in [1.82, 2.24) is 9.97 Å². The Bertz CT molecular complexity index is 1110. The molecule has 4 rings (SSSR count). The molecule has 1 amide bonds. The van der Waals surface area contributed by atoms with Crippen LogP contribution in [0, 0.1) is 17.2 Å². The van der Waals surface area contributed by atoms with E-state index >= 15 is 0 Å². The number of nitrogens with zero attached hydrogens (tertiary/aromatic N) is 3. The van der Waals surface area contributed by atoms with Crippen LogP contribution in [0.3, 0.4) is 0 Å². The highest BCUT2D eigenvalue weighted by atomic mass is 16.4. The molecule has 0 radical (unpaired) electrons. The molecule has 1 aliphatic heterocycles. The van der Waals surface area contributed by atoms with Crippen LogP contribution in [0.15, 0.2) is 58.0 Å². The number of piperidine rings is 1. The van der Waals surface area contributed by atoms with Gasteiger partial charge in [-0.2, -0.15) is 10.2 Å². The molecular formula is C21H19N5O3. The first-order valence-electron chi connectivity index (χ1n) is 9.35. The molecule has 2 N–H and O–H groups in total. The Labute approximate surface area is 166 Å². The van der Waals surface area contributed by atoms with Gasteiger partial charge in [-0.15, -0.1) is 0 Å². The summed E-state index contributed by atoms with van der Waals surface area (Å²) in [6, 6.07) is 12.9. The normalized spacial score (nSPS) is 14.4. The van der Waals surface area contributed by atoms with Gasteiger partial charge >= 0.3 is 0 Å². The second-order valence-corrected chi connectivity index (χ2v) is 6.82. The van der Waals surface area contributed by atoms with Crippen molar-refractivity contribution in [2.75, 3.05) is 23.3 Å². The minimum absolute atomic E-state index is 0.176. The maximum atomic E-state index is 12.5. The van der Waals surface area contributed by atoms with Gasteiger partial charge in [-0.25, -0.2) is 0 Å². The van der Waals surface area contributed by atoms with Crippen LogP contribution in [0.25, 0.3) is 11.5 Å². The molecule has 2 aromatic heterocycles. The van der Waals surface area contributed by atoms with Crippen molar-refractivity contribution in [2.45, 2.75) is 12.8 Å². The highest BCUT2D eigenvalue weighted by Gasteiger charge is 2.29. The maximum absolute atomic E-state index is 12.5. The standard InChI is InChI=1S/C21H19N5O3/c22-12-16-21(29-20(25-16)15-4-2-1-3-5-15)26-10-7-14(8-11-26)19(28)24-17-13-23-9-6-18(17)27/h1-6,9,13-14H,7-8,10-11H2,(H,23,27)(H,24,28). The van der Waals surface area contributed by atoms with Crippen LogP contribution in [-0.4, -0.2) is 29.0 Å². The topological polar surface area (TPSA) is 115 Å². The number of rotatable bonds is 4. The third-order valence-corrected chi connectivity index (χ3v) is 4.97. The Hall–Kier alpha value is -3.86. The fourth-order valence-electron chi connectivity index (χ4n) is 3.40. The van der Waals surface area contributed by atoms with Crippen molar-refractivity contribution >= 4 is 17.5 Å². The van der Waals surface area contributed by atoms with Gasteiger partial charge in [0.15, 0.2) is 0 Å². The van der Waals surface area contributed by atoms with E-state index in [-0.39, 0.29) is 28.6 Å². The van der Waals surface area contributed by atoms with E-state index in [9.17, 15) is 14.9 Å². The fourth-order valence-corrected chi connectivity index (χ4v) is 3.40. The van der Waals surface area contributed by atoms with E-state index in [1.807, 2.05) is 35.2 Å². The first-order chi connectivity index (χ1) is 14.2. The molecule has 0 saturated carbocycles. The van der Waals surface area contributed by atoms with Crippen molar-refractivity contribution in [2.24, 2.45) is 5.92 Å². The van der Waals surface area contributed by atoms with E-state index in [1.165, 1.54) is 18.5 Å². The summed E-state index contributed by atoms with van der Waals surface area (Å²) in [6.45, 7) is 1.11. The molecule has 0 bridgehead atoms. The number of hydrogen-bond donors (Lipinski definition) is 2. The van der Waals surface area contributed by atoms with Gasteiger partial charge in [0.1, 0.15) is 11.8 Å². The third-order valence-electron chi connectivity index (χ3n) is 4.97. The predicted octanol–water partition coefficient (Wildman–Crippen LogP) is 2.76. The zero-order chi connectivity index (χ0) is 20.2. The number of nitriles is 1. The molecule has 0 atom stereocenters. The molecule has 1 fully saturated rings. The molecule has 0 unspecified atom stereocenters. The molecule has 0 aliphatic carbocycles. The van der Waals surface area contributed by atoms with Gasteiger partial charge in [0.2, 0.25) is 28.8 Å². The second-order valence-electron chi connectivity index (χ2n) is 6.82. The number of carbonyl (C=O) groups is 1. The van der Waals surface area contributed by atoms with Crippen LogP contribution in [0.5, 0.6) is 0 Å². The van der Waals surface area contributed by atoms with E-state index in [1.54, 1.807) is 0 Å². The van der Waals surface area contributed by atoms with Gasteiger partial charge in [0.25, 0.3) is 0 Å². The number of hydrogen-bond acceptors (Lipinski definition) is 6. The Morgan fingerprint density at radius 3 is 2.69 bits per heavy atom. The number of pyridine rings is 1. The van der Waals surface area contributed by atoms with Gasteiger partial charge in [-0.3, -0.25) is 9.59 Å². The zero-order valence-corrected chi connectivity index (χ0v) is 15.6. The molecule has 3 heterocycles. The molecule has 29 heavy (non-hydrogen) atoms. The summed E-state index contributed by atoms with van der Waals surface area (Å²) in [6.07, 6.45) is 4.17. The van der Waals surface area contributed by atoms with Crippen LogP contribution >= 0.6 is 0 Å². The minimum Gasteiger partial charge on any atom is -0.419 e. The van der Waals surface area contributed by atoms with Gasteiger partial charge in [-0.05, 0) is 25.0 Å². The number of nitrogens with one attached hydrogen (secondary N) is 2. The van der Waals surface area contributed by atoms with Gasteiger partial charge in [0, 0.05) is 43.0 Å². The Balaban J connectivity index is 1.44. The largest absolute Gasteiger partial charge is 0.419 e. The first kappa shape index (κ1) is 18.5. The average Bonchev–Trinajstić information content (AvgIpc) is 3.20. The lowest BCUT2D eigenvalue weighted by Gasteiger charge is -2.30. The molecule has 1 saturated heterocycles. The molecule has 1 aromatic carbocycles. The summed E-state index contributed by atoms with van der Waals surface area (Å²) in [5.41, 5.74) is 1.05. The van der Waals surface area contributed by atoms with Gasteiger partial charge in [0.05, 0.1) is 0 Å². The van der Waals surface area contributed by atoms with Crippen molar-refractivity contribution in [3.8, 4) is 17.5 Å². The molecule has 8 nitrogen and oxygen atoms in total. The van der Waals surface area contributed by atoms with Crippen LogP contribution in [0.1, 0.15) is 18.5 Å².